The summed E-state index contributed by atoms with van der Waals surface area (Å²) in [5.74, 6) is 0.548. The first-order valence-corrected chi connectivity index (χ1v) is 8.43. The van der Waals surface area contributed by atoms with Crippen molar-refractivity contribution in [2.75, 3.05) is 13.1 Å². The van der Waals surface area contributed by atoms with E-state index in [1.165, 1.54) is 23.5 Å². The summed E-state index contributed by atoms with van der Waals surface area (Å²) in [5, 5.41) is 7.16. The van der Waals surface area contributed by atoms with Gasteiger partial charge in [-0.3, -0.25) is 4.90 Å². The molecule has 0 spiro atoms. The highest BCUT2D eigenvalue weighted by molar-refractivity contribution is 7.09. The molecule has 4 heteroatoms. The summed E-state index contributed by atoms with van der Waals surface area (Å²) >= 11 is 1.81. The number of piperazine rings is 1. The zero-order chi connectivity index (χ0) is 13.8. The van der Waals surface area contributed by atoms with Crippen molar-refractivity contribution in [3.8, 4) is 0 Å². The van der Waals surface area contributed by atoms with E-state index < -0.39 is 0 Å². The van der Waals surface area contributed by atoms with Gasteiger partial charge in [0.25, 0.3) is 0 Å². The van der Waals surface area contributed by atoms with Crippen molar-refractivity contribution in [3.63, 3.8) is 0 Å². The monoisotopic (exact) mass is 281 g/mol. The van der Waals surface area contributed by atoms with Crippen LogP contribution in [0.15, 0.2) is 5.38 Å². The van der Waals surface area contributed by atoms with Crippen LogP contribution in [0.1, 0.15) is 57.2 Å². The Kier molecular flexibility index (Phi) is 5.37. The first kappa shape index (κ1) is 14.9. The van der Waals surface area contributed by atoms with Gasteiger partial charge in [-0.2, -0.15) is 0 Å². The van der Waals surface area contributed by atoms with E-state index in [1.807, 2.05) is 11.3 Å². The van der Waals surface area contributed by atoms with Crippen LogP contribution in [0.5, 0.6) is 0 Å². The highest BCUT2D eigenvalue weighted by Gasteiger charge is 2.26. The molecule has 2 unspecified atom stereocenters. The second kappa shape index (κ2) is 6.82. The van der Waals surface area contributed by atoms with E-state index in [4.69, 9.17) is 4.98 Å². The van der Waals surface area contributed by atoms with Gasteiger partial charge in [-0.15, -0.1) is 11.3 Å². The van der Waals surface area contributed by atoms with Crippen molar-refractivity contribution in [1.82, 2.24) is 15.2 Å². The van der Waals surface area contributed by atoms with Crippen molar-refractivity contribution in [2.45, 2.75) is 65.1 Å². The van der Waals surface area contributed by atoms with Gasteiger partial charge in [-0.25, -0.2) is 4.98 Å². The maximum atomic E-state index is 4.78. The van der Waals surface area contributed by atoms with E-state index in [-0.39, 0.29) is 0 Å². The van der Waals surface area contributed by atoms with Gasteiger partial charge in [0.2, 0.25) is 0 Å². The van der Waals surface area contributed by atoms with Gasteiger partial charge in [0.15, 0.2) is 0 Å². The fourth-order valence-corrected chi connectivity index (χ4v) is 3.49. The molecule has 1 aromatic rings. The first-order chi connectivity index (χ1) is 9.13. The van der Waals surface area contributed by atoms with E-state index in [9.17, 15) is 0 Å². The maximum Gasteiger partial charge on any atom is 0.0954 e. The Bertz CT molecular complexity index is 388. The van der Waals surface area contributed by atoms with E-state index in [2.05, 4.69) is 43.3 Å². The molecule has 2 rings (SSSR count). The predicted molar refractivity (Wildman–Crippen MR) is 82.8 cm³/mol. The average Bonchev–Trinajstić information content (AvgIpc) is 2.87. The lowest BCUT2D eigenvalue weighted by molar-refractivity contribution is 0.116. The molecule has 1 aliphatic heterocycles. The number of rotatable bonds is 5. The minimum Gasteiger partial charge on any atom is -0.311 e. The smallest absolute Gasteiger partial charge is 0.0954 e. The quantitative estimate of drug-likeness (QED) is 0.898. The topological polar surface area (TPSA) is 28.2 Å². The molecule has 1 N–H and O–H groups in total. The second-order valence-corrected chi connectivity index (χ2v) is 6.73. The second-order valence-electron chi connectivity index (χ2n) is 5.84. The molecule has 2 heterocycles. The van der Waals surface area contributed by atoms with Crippen molar-refractivity contribution >= 4 is 11.3 Å². The molecule has 0 saturated carbocycles. The summed E-state index contributed by atoms with van der Waals surface area (Å²) in [5.41, 5.74) is 1.25. The highest BCUT2D eigenvalue weighted by Crippen LogP contribution is 2.22. The summed E-state index contributed by atoms with van der Waals surface area (Å²) in [6.45, 7) is 12.3. The fourth-order valence-electron chi connectivity index (χ4n) is 2.67. The van der Waals surface area contributed by atoms with Crippen LogP contribution in [0, 0.1) is 0 Å². The SMILES string of the molecule is CCC1CN(Cc2csc(C(C)C)n2)C(CC)CN1. The third-order valence-corrected chi connectivity index (χ3v) is 5.20. The molecule has 0 aliphatic carbocycles. The number of hydrogen-bond acceptors (Lipinski definition) is 4. The minimum atomic E-state index is 0.548. The molecule has 1 fully saturated rings. The maximum absolute atomic E-state index is 4.78. The van der Waals surface area contributed by atoms with Crippen LogP contribution in [0.2, 0.25) is 0 Å². The largest absolute Gasteiger partial charge is 0.311 e. The van der Waals surface area contributed by atoms with E-state index in [0.29, 0.717) is 18.0 Å². The molecule has 108 valence electrons. The summed E-state index contributed by atoms with van der Waals surface area (Å²) < 4.78 is 0. The van der Waals surface area contributed by atoms with Gasteiger partial charge in [0.1, 0.15) is 0 Å². The molecule has 0 aromatic carbocycles. The lowest BCUT2D eigenvalue weighted by Gasteiger charge is -2.39. The van der Waals surface area contributed by atoms with E-state index in [1.54, 1.807) is 0 Å². The predicted octanol–water partition coefficient (Wildman–Crippen LogP) is 3.23. The molecule has 0 radical (unpaired) electrons. The van der Waals surface area contributed by atoms with Gasteiger partial charge in [-0.05, 0) is 12.8 Å². The van der Waals surface area contributed by atoms with Crippen LogP contribution in [0.3, 0.4) is 0 Å². The van der Waals surface area contributed by atoms with E-state index in [0.717, 1.165) is 19.6 Å². The Morgan fingerprint density at radius 2 is 2.21 bits per heavy atom. The van der Waals surface area contributed by atoms with E-state index >= 15 is 0 Å². The molecule has 1 aliphatic rings. The van der Waals surface area contributed by atoms with Crippen molar-refractivity contribution < 1.29 is 0 Å². The molecule has 1 aromatic heterocycles. The summed E-state index contributed by atoms with van der Waals surface area (Å²) in [6, 6.07) is 1.30. The third kappa shape index (κ3) is 3.77. The molecule has 0 amide bonds. The van der Waals surface area contributed by atoms with Crippen LogP contribution in [0.25, 0.3) is 0 Å². The van der Waals surface area contributed by atoms with Crippen LogP contribution >= 0.6 is 11.3 Å². The Labute approximate surface area is 121 Å². The van der Waals surface area contributed by atoms with Crippen LogP contribution in [-0.2, 0) is 6.54 Å². The number of hydrogen-bond donors (Lipinski definition) is 1. The highest BCUT2D eigenvalue weighted by atomic mass is 32.1. The van der Waals surface area contributed by atoms with Gasteiger partial charge < -0.3 is 5.32 Å². The summed E-state index contributed by atoms with van der Waals surface area (Å²) in [6.07, 6.45) is 2.42. The third-order valence-electron chi connectivity index (χ3n) is 4.01. The Morgan fingerprint density at radius 3 is 2.79 bits per heavy atom. The van der Waals surface area contributed by atoms with Gasteiger partial charge in [0, 0.05) is 43.0 Å². The van der Waals surface area contributed by atoms with Gasteiger partial charge in [0.05, 0.1) is 10.7 Å². The number of aromatic nitrogens is 1. The Hall–Kier alpha value is -0.450. The van der Waals surface area contributed by atoms with Crippen LogP contribution < -0.4 is 5.32 Å². The zero-order valence-electron chi connectivity index (χ0n) is 12.6. The lowest BCUT2D eigenvalue weighted by Crippen LogP contribution is -2.55. The van der Waals surface area contributed by atoms with Crippen LogP contribution in [-0.4, -0.2) is 35.1 Å². The standard InChI is InChI=1S/C15H27N3S/c1-5-12-8-18(14(6-2)7-16-12)9-13-10-19-15(17-13)11(3)4/h10-12,14,16H,5-9H2,1-4H3. The minimum absolute atomic E-state index is 0.548. The normalized spacial score (nSPS) is 25.1. The van der Waals surface area contributed by atoms with Crippen LogP contribution in [0.4, 0.5) is 0 Å². The Balaban J connectivity index is 2.01. The number of thiazole rings is 1. The fraction of sp³-hybridized carbons (Fsp3) is 0.800. The average molecular weight is 281 g/mol. The molecular formula is C15H27N3S. The molecular weight excluding hydrogens is 254 g/mol. The summed E-state index contributed by atoms with van der Waals surface area (Å²) in [4.78, 5) is 7.39. The molecule has 2 atom stereocenters. The van der Waals surface area contributed by atoms with Crippen molar-refractivity contribution in [3.05, 3.63) is 16.1 Å². The zero-order valence-corrected chi connectivity index (χ0v) is 13.5. The number of nitrogens with one attached hydrogen (secondary N) is 1. The molecule has 3 nitrogen and oxygen atoms in total. The molecule has 1 saturated heterocycles. The Morgan fingerprint density at radius 1 is 1.42 bits per heavy atom. The summed E-state index contributed by atoms with van der Waals surface area (Å²) in [7, 11) is 0. The lowest BCUT2D eigenvalue weighted by atomic mass is 10.1. The first-order valence-electron chi connectivity index (χ1n) is 7.55. The molecule has 19 heavy (non-hydrogen) atoms. The van der Waals surface area contributed by atoms with Crippen molar-refractivity contribution in [1.29, 1.82) is 0 Å². The van der Waals surface area contributed by atoms with Gasteiger partial charge >= 0.3 is 0 Å². The van der Waals surface area contributed by atoms with Gasteiger partial charge in [-0.1, -0.05) is 27.7 Å². The van der Waals surface area contributed by atoms with Crippen molar-refractivity contribution in [2.24, 2.45) is 0 Å². The molecule has 0 bridgehead atoms. The number of nitrogens with zero attached hydrogens (tertiary/aromatic N) is 2.